The molecule has 0 unspecified atom stereocenters. The lowest BCUT2D eigenvalue weighted by atomic mass is 10.0. The molecule has 10 heteroatoms. The van der Waals surface area contributed by atoms with Crippen LogP contribution in [0.4, 0.5) is 0 Å². The molecule has 2 amide bonds. The zero-order valence-corrected chi connectivity index (χ0v) is 21.2. The molecule has 1 saturated heterocycles. The van der Waals surface area contributed by atoms with Crippen LogP contribution in [-0.4, -0.2) is 60.1 Å². The summed E-state index contributed by atoms with van der Waals surface area (Å²) in [7, 11) is -3.91. The molecule has 33 heavy (non-hydrogen) atoms. The molecular formula is C23H32N4O4S2. The highest BCUT2D eigenvalue weighted by atomic mass is 32.2. The summed E-state index contributed by atoms with van der Waals surface area (Å²) in [5.41, 5.74) is 2.13. The van der Waals surface area contributed by atoms with E-state index in [4.69, 9.17) is 0 Å². The molecule has 0 radical (unpaired) electrons. The van der Waals surface area contributed by atoms with Gasteiger partial charge in [0.1, 0.15) is 6.04 Å². The van der Waals surface area contributed by atoms with Gasteiger partial charge in [0.2, 0.25) is 11.8 Å². The SMILES string of the molecule is CCCc1ncc(S(=O)(=O)N2CCN(C(C)=O)C[C@@H]2C(=O)NCc2ccc(C(C)C)cc2)s1. The molecule has 1 fully saturated rings. The maximum atomic E-state index is 13.4. The minimum atomic E-state index is -3.91. The molecule has 2 heterocycles. The normalized spacial score (nSPS) is 17.4. The van der Waals surface area contributed by atoms with Crippen LogP contribution in [0.5, 0.6) is 0 Å². The number of nitrogens with one attached hydrogen (secondary N) is 1. The van der Waals surface area contributed by atoms with Crippen molar-refractivity contribution in [1.82, 2.24) is 19.5 Å². The maximum absolute atomic E-state index is 13.4. The minimum absolute atomic E-state index is 0.0211. The van der Waals surface area contributed by atoms with Gasteiger partial charge in [0.25, 0.3) is 10.0 Å². The molecule has 1 N–H and O–H groups in total. The lowest BCUT2D eigenvalue weighted by Gasteiger charge is -2.38. The highest BCUT2D eigenvalue weighted by Crippen LogP contribution is 2.27. The number of carbonyl (C=O) groups excluding carboxylic acids is 2. The molecule has 0 bridgehead atoms. The molecule has 0 saturated carbocycles. The van der Waals surface area contributed by atoms with Crippen molar-refractivity contribution < 1.29 is 18.0 Å². The van der Waals surface area contributed by atoms with Gasteiger partial charge in [-0.1, -0.05) is 45.0 Å². The smallest absolute Gasteiger partial charge is 0.255 e. The Morgan fingerprint density at radius 2 is 1.91 bits per heavy atom. The number of aryl methyl sites for hydroxylation is 1. The standard InChI is InChI=1S/C23H32N4O4S2/c1-5-6-21-24-14-22(32-21)33(30,31)27-12-11-26(17(4)28)15-20(27)23(29)25-13-18-7-9-19(10-8-18)16(2)3/h7-10,14,16,20H,5-6,11-13,15H2,1-4H3,(H,25,29)/t20-/m1/s1. The zero-order chi connectivity index (χ0) is 24.2. The van der Waals surface area contributed by atoms with Crippen molar-refractivity contribution in [3.63, 3.8) is 0 Å². The average molecular weight is 493 g/mol. The van der Waals surface area contributed by atoms with Crippen LogP contribution in [0.3, 0.4) is 0 Å². The van der Waals surface area contributed by atoms with E-state index < -0.39 is 22.0 Å². The highest BCUT2D eigenvalue weighted by Gasteiger charge is 2.41. The van der Waals surface area contributed by atoms with E-state index in [-0.39, 0.29) is 36.3 Å². The fourth-order valence-electron chi connectivity index (χ4n) is 3.74. The van der Waals surface area contributed by atoms with E-state index in [0.29, 0.717) is 12.3 Å². The van der Waals surface area contributed by atoms with Gasteiger partial charge in [-0.05, 0) is 29.9 Å². The van der Waals surface area contributed by atoms with E-state index in [1.807, 2.05) is 31.2 Å². The van der Waals surface area contributed by atoms with Crippen LogP contribution in [0.1, 0.15) is 56.2 Å². The third kappa shape index (κ3) is 5.99. The van der Waals surface area contributed by atoms with Gasteiger partial charge in [-0.25, -0.2) is 13.4 Å². The summed E-state index contributed by atoms with van der Waals surface area (Å²) in [6.07, 6.45) is 2.94. The first-order valence-corrected chi connectivity index (χ1v) is 13.5. The molecule has 3 rings (SSSR count). The lowest BCUT2D eigenvalue weighted by Crippen LogP contribution is -2.61. The van der Waals surface area contributed by atoms with Crippen molar-refractivity contribution in [2.75, 3.05) is 19.6 Å². The van der Waals surface area contributed by atoms with E-state index in [1.165, 1.54) is 27.9 Å². The summed E-state index contributed by atoms with van der Waals surface area (Å²) in [4.78, 5) is 30.8. The molecule has 180 valence electrons. The van der Waals surface area contributed by atoms with Crippen LogP contribution in [0.2, 0.25) is 0 Å². The first kappa shape index (κ1) is 25.3. The number of benzene rings is 1. The Morgan fingerprint density at radius 1 is 1.21 bits per heavy atom. The number of nitrogens with zero attached hydrogens (tertiary/aromatic N) is 3. The van der Waals surface area contributed by atoms with Gasteiger partial charge < -0.3 is 10.2 Å². The van der Waals surface area contributed by atoms with Crippen molar-refractivity contribution in [2.24, 2.45) is 0 Å². The van der Waals surface area contributed by atoms with Gasteiger partial charge in [0, 0.05) is 33.1 Å². The van der Waals surface area contributed by atoms with E-state index in [1.54, 1.807) is 0 Å². The Kier molecular flexibility index (Phi) is 8.25. The number of sulfonamides is 1. The van der Waals surface area contributed by atoms with Crippen LogP contribution in [0.25, 0.3) is 0 Å². The largest absolute Gasteiger partial charge is 0.351 e. The Hall–Kier alpha value is -2.30. The van der Waals surface area contributed by atoms with Crippen molar-refractivity contribution >= 4 is 33.2 Å². The van der Waals surface area contributed by atoms with Gasteiger partial charge in [0.15, 0.2) is 4.21 Å². The second-order valence-electron chi connectivity index (χ2n) is 8.53. The summed E-state index contributed by atoms with van der Waals surface area (Å²) in [6.45, 7) is 8.27. The number of rotatable bonds is 8. The third-order valence-corrected chi connectivity index (χ3v) is 9.15. The van der Waals surface area contributed by atoms with Gasteiger partial charge >= 0.3 is 0 Å². The monoisotopic (exact) mass is 492 g/mol. The van der Waals surface area contributed by atoms with Crippen molar-refractivity contribution in [3.05, 3.63) is 46.6 Å². The number of amides is 2. The first-order valence-electron chi connectivity index (χ1n) is 11.2. The predicted octanol–water partition coefficient (Wildman–Crippen LogP) is 2.76. The lowest BCUT2D eigenvalue weighted by molar-refractivity contribution is -0.134. The molecule has 1 atom stereocenters. The van der Waals surface area contributed by atoms with E-state index in [9.17, 15) is 18.0 Å². The number of hydrogen-bond donors (Lipinski definition) is 1. The molecule has 1 aliphatic rings. The maximum Gasteiger partial charge on any atom is 0.255 e. The summed E-state index contributed by atoms with van der Waals surface area (Å²) >= 11 is 1.14. The van der Waals surface area contributed by atoms with Gasteiger partial charge in [-0.15, -0.1) is 11.3 Å². The number of hydrogen-bond acceptors (Lipinski definition) is 6. The van der Waals surface area contributed by atoms with Crippen LogP contribution >= 0.6 is 11.3 Å². The van der Waals surface area contributed by atoms with Gasteiger partial charge in [0.05, 0.1) is 11.2 Å². The average Bonchev–Trinajstić information content (AvgIpc) is 3.27. The zero-order valence-electron chi connectivity index (χ0n) is 19.6. The molecule has 0 spiro atoms. The van der Waals surface area contributed by atoms with Crippen LogP contribution < -0.4 is 5.32 Å². The molecule has 1 aromatic heterocycles. The first-order chi connectivity index (χ1) is 15.6. The molecule has 2 aromatic rings. The fraction of sp³-hybridized carbons (Fsp3) is 0.522. The minimum Gasteiger partial charge on any atom is -0.351 e. The Balaban J connectivity index is 1.79. The molecule has 1 aromatic carbocycles. The number of piperazine rings is 1. The van der Waals surface area contributed by atoms with Crippen molar-refractivity contribution in [1.29, 1.82) is 0 Å². The van der Waals surface area contributed by atoms with Crippen LogP contribution in [0.15, 0.2) is 34.7 Å². The van der Waals surface area contributed by atoms with E-state index in [0.717, 1.165) is 28.3 Å². The highest BCUT2D eigenvalue weighted by molar-refractivity contribution is 7.91. The quantitative estimate of drug-likeness (QED) is 0.611. The van der Waals surface area contributed by atoms with Gasteiger partial charge in [-0.3, -0.25) is 9.59 Å². The van der Waals surface area contributed by atoms with Crippen molar-refractivity contribution in [3.8, 4) is 0 Å². The molecular weight excluding hydrogens is 460 g/mol. The second kappa shape index (κ2) is 10.8. The fourth-order valence-corrected chi connectivity index (χ4v) is 6.72. The predicted molar refractivity (Wildman–Crippen MR) is 128 cm³/mol. The third-order valence-electron chi connectivity index (χ3n) is 5.75. The Labute approximate surface area is 200 Å². The van der Waals surface area contributed by atoms with Crippen molar-refractivity contribution in [2.45, 2.75) is 63.3 Å². The van der Waals surface area contributed by atoms with E-state index >= 15 is 0 Å². The van der Waals surface area contributed by atoms with Crippen LogP contribution in [0, 0.1) is 0 Å². The topological polar surface area (TPSA) is 99.7 Å². The van der Waals surface area contributed by atoms with E-state index in [2.05, 4.69) is 24.1 Å². The summed E-state index contributed by atoms with van der Waals surface area (Å²) in [5, 5.41) is 3.61. The molecule has 0 aliphatic carbocycles. The summed E-state index contributed by atoms with van der Waals surface area (Å²) < 4.78 is 28.1. The molecule has 1 aliphatic heterocycles. The van der Waals surface area contributed by atoms with Crippen LogP contribution in [-0.2, 0) is 32.6 Å². The Morgan fingerprint density at radius 3 is 2.52 bits per heavy atom. The van der Waals surface area contributed by atoms with Gasteiger partial charge in [-0.2, -0.15) is 4.31 Å². The number of thiazole rings is 1. The number of carbonyl (C=O) groups is 2. The second-order valence-corrected chi connectivity index (χ2v) is 11.8. The summed E-state index contributed by atoms with van der Waals surface area (Å²) in [5.74, 6) is -0.190. The molecule has 8 nitrogen and oxygen atoms in total. The Bertz CT molecular complexity index is 1080. The number of aromatic nitrogens is 1. The summed E-state index contributed by atoms with van der Waals surface area (Å²) in [6, 6.07) is 6.97.